The van der Waals surface area contributed by atoms with Crippen molar-refractivity contribution in [3.8, 4) is 11.5 Å². The van der Waals surface area contributed by atoms with Crippen LogP contribution in [-0.2, 0) is 14.8 Å². The molecule has 138 valence electrons. The second kappa shape index (κ2) is 7.43. The molecule has 0 aliphatic carbocycles. The van der Waals surface area contributed by atoms with Crippen molar-refractivity contribution in [2.45, 2.75) is 17.7 Å². The van der Waals surface area contributed by atoms with Crippen LogP contribution in [0.3, 0.4) is 0 Å². The number of carbonyl (C=O) groups excluding carboxylic acids is 1. The molecule has 1 aromatic carbocycles. The SMILES string of the molecule is CSc1cc2c(cc1NC(=O)[C@H]1CCCN(S(C)(=O)=O)C1)OCCO2. The summed E-state index contributed by atoms with van der Waals surface area (Å²) in [5.74, 6) is 0.766. The molecule has 0 spiro atoms. The van der Waals surface area contributed by atoms with E-state index in [1.807, 2.05) is 12.3 Å². The molecule has 0 unspecified atom stereocenters. The zero-order valence-electron chi connectivity index (χ0n) is 14.3. The average Bonchev–Trinajstić information content (AvgIpc) is 2.60. The molecule has 3 rings (SSSR count). The Balaban J connectivity index is 1.76. The third-order valence-corrected chi connectivity index (χ3v) is 6.39. The van der Waals surface area contributed by atoms with Crippen molar-refractivity contribution < 1.29 is 22.7 Å². The molecule has 1 N–H and O–H groups in total. The van der Waals surface area contributed by atoms with Crippen LogP contribution >= 0.6 is 11.8 Å². The minimum Gasteiger partial charge on any atom is -0.486 e. The topological polar surface area (TPSA) is 84.9 Å². The molecular weight excluding hydrogens is 364 g/mol. The number of benzene rings is 1. The summed E-state index contributed by atoms with van der Waals surface area (Å²) in [4.78, 5) is 13.5. The fourth-order valence-electron chi connectivity index (χ4n) is 3.03. The number of anilines is 1. The number of nitrogens with one attached hydrogen (secondary N) is 1. The van der Waals surface area contributed by atoms with Crippen LogP contribution in [0, 0.1) is 5.92 Å². The molecule has 0 radical (unpaired) electrons. The molecule has 2 aliphatic rings. The number of fused-ring (bicyclic) bond motifs is 1. The van der Waals surface area contributed by atoms with Gasteiger partial charge in [-0.3, -0.25) is 4.79 Å². The molecule has 0 bridgehead atoms. The number of piperidine rings is 1. The Kier molecular flexibility index (Phi) is 5.45. The number of hydrogen-bond donors (Lipinski definition) is 1. The van der Waals surface area contributed by atoms with Crippen molar-refractivity contribution in [2.24, 2.45) is 5.92 Å². The van der Waals surface area contributed by atoms with Gasteiger partial charge in [0.25, 0.3) is 0 Å². The van der Waals surface area contributed by atoms with Crippen LogP contribution in [0.2, 0.25) is 0 Å². The van der Waals surface area contributed by atoms with E-state index in [0.29, 0.717) is 49.8 Å². The van der Waals surface area contributed by atoms with Gasteiger partial charge < -0.3 is 14.8 Å². The number of sulfonamides is 1. The highest BCUT2D eigenvalue weighted by Gasteiger charge is 2.30. The van der Waals surface area contributed by atoms with Crippen LogP contribution < -0.4 is 14.8 Å². The second-order valence-electron chi connectivity index (χ2n) is 6.15. The summed E-state index contributed by atoms with van der Waals surface area (Å²) in [7, 11) is -3.28. The van der Waals surface area contributed by atoms with Crippen molar-refractivity contribution in [3.63, 3.8) is 0 Å². The zero-order chi connectivity index (χ0) is 18.0. The van der Waals surface area contributed by atoms with Gasteiger partial charge in [0, 0.05) is 24.1 Å². The maximum atomic E-state index is 12.7. The van der Waals surface area contributed by atoms with Gasteiger partial charge in [-0.2, -0.15) is 0 Å². The fraction of sp³-hybridized carbons (Fsp3) is 0.562. The third-order valence-electron chi connectivity index (χ3n) is 4.35. The van der Waals surface area contributed by atoms with Crippen molar-refractivity contribution >= 4 is 33.4 Å². The summed E-state index contributed by atoms with van der Waals surface area (Å²) in [6.45, 7) is 1.69. The zero-order valence-corrected chi connectivity index (χ0v) is 15.9. The van der Waals surface area contributed by atoms with E-state index in [1.165, 1.54) is 22.3 Å². The van der Waals surface area contributed by atoms with Gasteiger partial charge >= 0.3 is 0 Å². The van der Waals surface area contributed by atoms with Gasteiger partial charge in [-0.1, -0.05) is 0 Å². The molecule has 9 heteroatoms. The number of ether oxygens (including phenoxy) is 2. The minimum absolute atomic E-state index is 0.166. The lowest BCUT2D eigenvalue weighted by atomic mass is 9.98. The first-order valence-electron chi connectivity index (χ1n) is 8.12. The first-order chi connectivity index (χ1) is 11.9. The van der Waals surface area contributed by atoms with Crippen molar-refractivity contribution in [1.29, 1.82) is 0 Å². The van der Waals surface area contributed by atoms with Gasteiger partial charge in [0.1, 0.15) is 13.2 Å². The Labute approximate surface area is 152 Å². The number of nitrogens with zero attached hydrogens (tertiary/aromatic N) is 1. The first-order valence-corrected chi connectivity index (χ1v) is 11.2. The number of carbonyl (C=O) groups is 1. The Morgan fingerprint density at radius 2 is 1.96 bits per heavy atom. The summed E-state index contributed by atoms with van der Waals surface area (Å²) in [6, 6.07) is 3.63. The molecule has 2 heterocycles. The Morgan fingerprint density at radius 1 is 1.28 bits per heavy atom. The lowest BCUT2D eigenvalue weighted by Crippen LogP contribution is -2.43. The van der Waals surface area contributed by atoms with Crippen molar-refractivity contribution in [1.82, 2.24) is 4.31 Å². The maximum Gasteiger partial charge on any atom is 0.228 e. The van der Waals surface area contributed by atoms with Crippen LogP contribution in [0.25, 0.3) is 0 Å². The minimum atomic E-state index is -3.28. The van der Waals surface area contributed by atoms with Gasteiger partial charge in [-0.25, -0.2) is 12.7 Å². The molecule has 2 aliphatic heterocycles. The number of thioether (sulfide) groups is 1. The second-order valence-corrected chi connectivity index (χ2v) is 8.98. The fourth-order valence-corrected chi connectivity index (χ4v) is 4.50. The van der Waals surface area contributed by atoms with Gasteiger partial charge in [-0.05, 0) is 25.2 Å². The summed E-state index contributed by atoms with van der Waals surface area (Å²) in [5, 5.41) is 2.94. The number of hydrogen-bond acceptors (Lipinski definition) is 6. The summed E-state index contributed by atoms with van der Waals surface area (Å²) in [6.07, 6.45) is 4.46. The Bertz CT molecular complexity index is 766. The molecule has 0 saturated carbocycles. The Morgan fingerprint density at radius 3 is 2.60 bits per heavy atom. The molecule has 0 aromatic heterocycles. The maximum absolute atomic E-state index is 12.7. The molecule has 7 nitrogen and oxygen atoms in total. The molecule has 1 saturated heterocycles. The Hall–Kier alpha value is -1.45. The van der Waals surface area contributed by atoms with E-state index in [1.54, 1.807) is 6.07 Å². The van der Waals surface area contributed by atoms with Gasteiger partial charge in [0.15, 0.2) is 11.5 Å². The monoisotopic (exact) mass is 386 g/mol. The molecule has 1 aromatic rings. The van der Waals surface area contributed by atoms with Crippen LogP contribution in [0.15, 0.2) is 17.0 Å². The molecule has 25 heavy (non-hydrogen) atoms. The van der Waals surface area contributed by atoms with Crippen LogP contribution in [-0.4, -0.2) is 57.4 Å². The van der Waals surface area contributed by atoms with E-state index in [2.05, 4.69) is 5.32 Å². The van der Waals surface area contributed by atoms with Gasteiger partial charge in [-0.15, -0.1) is 11.8 Å². The van der Waals surface area contributed by atoms with Gasteiger partial charge in [0.2, 0.25) is 15.9 Å². The molecule has 1 atom stereocenters. The average molecular weight is 386 g/mol. The predicted molar refractivity (Wildman–Crippen MR) is 97.0 cm³/mol. The van der Waals surface area contributed by atoms with E-state index in [0.717, 1.165) is 4.90 Å². The highest BCUT2D eigenvalue weighted by atomic mass is 32.2. The van der Waals surface area contributed by atoms with E-state index in [4.69, 9.17) is 9.47 Å². The van der Waals surface area contributed by atoms with E-state index >= 15 is 0 Å². The van der Waals surface area contributed by atoms with Crippen molar-refractivity contribution in [3.05, 3.63) is 12.1 Å². The van der Waals surface area contributed by atoms with Crippen LogP contribution in [0.4, 0.5) is 5.69 Å². The molecule has 1 fully saturated rings. The molecular formula is C16H22N2O5S2. The lowest BCUT2D eigenvalue weighted by molar-refractivity contribution is -0.120. The number of amides is 1. The van der Waals surface area contributed by atoms with Crippen molar-refractivity contribution in [2.75, 3.05) is 44.1 Å². The van der Waals surface area contributed by atoms with E-state index < -0.39 is 10.0 Å². The van der Waals surface area contributed by atoms with E-state index in [-0.39, 0.29) is 18.4 Å². The van der Waals surface area contributed by atoms with Crippen LogP contribution in [0.5, 0.6) is 11.5 Å². The smallest absolute Gasteiger partial charge is 0.228 e. The normalized spacial score (nSPS) is 21.0. The third kappa shape index (κ3) is 4.21. The quantitative estimate of drug-likeness (QED) is 0.794. The highest BCUT2D eigenvalue weighted by molar-refractivity contribution is 7.98. The standard InChI is InChI=1S/C16H22N2O5S2/c1-24-15-9-14-13(22-6-7-23-14)8-12(15)17-16(19)11-4-3-5-18(10-11)25(2,20)21/h8-9,11H,3-7,10H2,1-2H3,(H,17,19)/t11-/m0/s1. The predicted octanol–water partition coefficient (Wildman–Crippen LogP) is 1.79. The van der Waals surface area contributed by atoms with Gasteiger partial charge in [0.05, 0.1) is 17.9 Å². The molecule has 1 amide bonds. The largest absolute Gasteiger partial charge is 0.486 e. The highest BCUT2D eigenvalue weighted by Crippen LogP contribution is 2.39. The summed E-state index contributed by atoms with van der Waals surface area (Å²) >= 11 is 1.51. The van der Waals surface area contributed by atoms with Crippen LogP contribution in [0.1, 0.15) is 12.8 Å². The number of rotatable bonds is 4. The summed E-state index contributed by atoms with van der Waals surface area (Å²) in [5.41, 5.74) is 0.665. The van der Waals surface area contributed by atoms with E-state index in [9.17, 15) is 13.2 Å². The first kappa shape index (κ1) is 18.3. The lowest BCUT2D eigenvalue weighted by Gasteiger charge is -2.30. The summed E-state index contributed by atoms with van der Waals surface area (Å²) < 4.78 is 36.0.